The van der Waals surface area contributed by atoms with Gasteiger partial charge < -0.3 is 5.32 Å². The van der Waals surface area contributed by atoms with Crippen LogP contribution in [0.4, 0.5) is 0 Å². The first-order valence-electron chi connectivity index (χ1n) is 4.56. The molecule has 3 heteroatoms. The minimum atomic E-state index is 0.563. The third kappa shape index (κ3) is 3.49. The van der Waals surface area contributed by atoms with Gasteiger partial charge >= 0.3 is 0 Å². The van der Waals surface area contributed by atoms with Gasteiger partial charge in [-0.1, -0.05) is 22.0 Å². The third-order valence-electron chi connectivity index (χ3n) is 2.04. The van der Waals surface area contributed by atoms with E-state index in [9.17, 15) is 0 Å². The van der Waals surface area contributed by atoms with Crippen LogP contribution in [-0.4, -0.2) is 6.54 Å². The quantitative estimate of drug-likeness (QED) is 0.837. The van der Waals surface area contributed by atoms with Crippen LogP contribution in [0.3, 0.4) is 0 Å². The second-order valence-electron chi connectivity index (χ2n) is 3.16. The number of nitrogens with zero attached hydrogens (tertiary/aromatic N) is 1. The number of aryl methyl sites for hydroxylation is 1. The molecule has 1 aromatic carbocycles. The van der Waals surface area contributed by atoms with Crippen molar-refractivity contribution in [2.24, 2.45) is 0 Å². The fraction of sp³-hybridized carbons (Fsp3) is 0.364. The van der Waals surface area contributed by atoms with Crippen LogP contribution < -0.4 is 5.32 Å². The molecule has 0 saturated carbocycles. The van der Waals surface area contributed by atoms with E-state index in [2.05, 4.69) is 46.4 Å². The van der Waals surface area contributed by atoms with Gasteiger partial charge in [0.15, 0.2) is 0 Å². The minimum absolute atomic E-state index is 0.563. The Labute approximate surface area is 93.1 Å². The van der Waals surface area contributed by atoms with Gasteiger partial charge in [-0.25, -0.2) is 0 Å². The highest BCUT2D eigenvalue weighted by molar-refractivity contribution is 9.10. The summed E-state index contributed by atoms with van der Waals surface area (Å²) >= 11 is 3.44. The maximum Gasteiger partial charge on any atom is 0.0635 e. The van der Waals surface area contributed by atoms with Crippen molar-refractivity contribution in [3.05, 3.63) is 33.8 Å². The molecule has 0 saturated heterocycles. The van der Waals surface area contributed by atoms with Crippen LogP contribution in [0.1, 0.15) is 17.5 Å². The van der Waals surface area contributed by atoms with E-state index in [0.717, 1.165) is 17.6 Å². The summed E-state index contributed by atoms with van der Waals surface area (Å²) in [6, 6.07) is 8.34. The normalized spacial score (nSPS) is 9.79. The highest BCUT2D eigenvalue weighted by Crippen LogP contribution is 2.15. The van der Waals surface area contributed by atoms with Crippen LogP contribution in [0, 0.1) is 18.3 Å². The maximum absolute atomic E-state index is 8.36. The number of nitriles is 1. The highest BCUT2D eigenvalue weighted by atomic mass is 79.9. The Balaban J connectivity index is 2.50. The van der Waals surface area contributed by atoms with E-state index in [-0.39, 0.29) is 0 Å². The molecule has 1 N–H and O–H groups in total. The number of benzene rings is 1. The lowest BCUT2D eigenvalue weighted by molar-refractivity contribution is 0.696. The van der Waals surface area contributed by atoms with Crippen molar-refractivity contribution in [1.82, 2.24) is 5.32 Å². The predicted octanol–water partition coefficient (Wildman–Crippen LogP) is 2.76. The first-order valence-corrected chi connectivity index (χ1v) is 5.36. The summed E-state index contributed by atoms with van der Waals surface area (Å²) in [6.45, 7) is 3.67. The largest absolute Gasteiger partial charge is 0.312 e. The zero-order chi connectivity index (χ0) is 10.4. The molecule has 0 fully saturated rings. The van der Waals surface area contributed by atoms with E-state index < -0.39 is 0 Å². The average Bonchev–Trinajstić information content (AvgIpc) is 2.18. The molecule has 0 bridgehead atoms. The van der Waals surface area contributed by atoms with Gasteiger partial charge in [0.1, 0.15) is 0 Å². The predicted molar refractivity (Wildman–Crippen MR) is 60.8 cm³/mol. The lowest BCUT2D eigenvalue weighted by atomic mass is 10.1. The van der Waals surface area contributed by atoms with Crippen molar-refractivity contribution in [3.63, 3.8) is 0 Å². The molecule has 0 aromatic heterocycles. The van der Waals surface area contributed by atoms with Crippen molar-refractivity contribution in [2.45, 2.75) is 19.9 Å². The van der Waals surface area contributed by atoms with Crippen LogP contribution in [0.15, 0.2) is 22.7 Å². The van der Waals surface area contributed by atoms with Gasteiger partial charge in [-0.05, 0) is 30.2 Å². The molecule has 0 radical (unpaired) electrons. The van der Waals surface area contributed by atoms with Crippen molar-refractivity contribution >= 4 is 15.9 Å². The zero-order valence-electron chi connectivity index (χ0n) is 8.18. The van der Waals surface area contributed by atoms with Gasteiger partial charge in [0.2, 0.25) is 0 Å². The Kier molecular flexibility index (Phi) is 4.64. The smallest absolute Gasteiger partial charge is 0.0635 e. The molecule has 1 rings (SSSR count). The molecule has 0 amide bonds. The van der Waals surface area contributed by atoms with Crippen molar-refractivity contribution in [3.8, 4) is 6.07 Å². The fourth-order valence-electron chi connectivity index (χ4n) is 1.20. The van der Waals surface area contributed by atoms with E-state index >= 15 is 0 Å². The molecule has 14 heavy (non-hydrogen) atoms. The molecular formula is C11H13BrN2. The summed E-state index contributed by atoms with van der Waals surface area (Å²) in [4.78, 5) is 0. The SMILES string of the molecule is Cc1ccc(Br)cc1CNCCC#N. The standard InChI is InChI=1S/C11H13BrN2/c1-9-3-4-11(12)7-10(9)8-14-6-2-5-13/h3-4,7,14H,2,6,8H2,1H3. The average molecular weight is 253 g/mol. The summed E-state index contributed by atoms with van der Waals surface area (Å²) in [5.41, 5.74) is 2.55. The van der Waals surface area contributed by atoms with Crippen molar-refractivity contribution < 1.29 is 0 Å². The molecule has 0 aliphatic carbocycles. The highest BCUT2D eigenvalue weighted by Gasteiger charge is 1.98. The Morgan fingerprint density at radius 1 is 1.50 bits per heavy atom. The number of hydrogen-bond donors (Lipinski definition) is 1. The Morgan fingerprint density at radius 3 is 3.00 bits per heavy atom. The van der Waals surface area contributed by atoms with E-state index in [1.807, 2.05) is 6.07 Å². The van der Waals surface area contributed by atoms with Crippen molar-refractivity contribution in [2.75, 3.05) is 6.54 Å². The summed E-state index contributed by atoms with van der Waals surface area (Å²) in [7, 11) is 0. The van der Waals surface area contributed by atoms with Crippen LogP contribution >= 0.6 is 15.9 Å². The van der Waals surface area contributed by atoms with E-state index in [4.69, 9.17) is 5.26 Å². The molecular weight excluding hydrogens is 240 g/mol. The van der Waals surface area contributed by atoms with Gasteiger partial charge in [-0.3, -0.25) is 0 Å². The van der Waals surface area contributed by atoms with Crippen LogP contribution in [0.25, 0.3) is 0 Å². The summed E-state index contributed by atoms with van der Waals surface area (Å²) in [6.07, 6.45) is 0.563. The molecule has 0 unspecified atom stereocenters. The minimum Gasteiger partial charge on any atom is -0.312 e. The molecule has 0 aliphatic heterocycles. The number of nitrogens with one attached hydrogen (secondary N) is 1. The molecule has 74 valence electrons. The van der Waals surface area contributed by atoms with Crippen molar-refractivity contribution in [1.29, 1.82) is 5.26 Å². The van der Waals surface area contributed by atoms with Crippen LogP contribution in [0.5, 0.6) is 0 Å². The molecule has 2 nitrogen and oxygen atoms in total. The van der Waals surface area contributed by atoms with Crippen LogP contribution in [-0.2, 0) is 6.54 Å². The number of rotatable bonds is 4. The third-order valence-corrected chi connectivity index (χ3v) is 2.53. The summed E-state index contributed by atoms with van der Waals surface area (Å²) in [5, 5.41) is 11.6. The Morgan fingerprint density at radius 2 is 2.29 bits per heavy atom. The van der Waals surface area contributed by atoms with Gasteiger partial charge in [0.25, 0.3) is 0 Å². The molecule has 1 aromatic rings. The van der Waals surface area contributed by atoms with E-state index in [0.29, 0.717) is 6.42 Å². The van der Waals surface area contributed by atoms with Gasteiger partial charge in [-0.2, -0.15) is 5.26 Å². The molecule has 0 aliphatic rings. The second kappa shape index (κ2) is 5.79. The Hall–Kier alpha value is -0.850. The number of halogens is 1. The molecule has 0 spiro atoms. The van der Waals surface area contributed by atoms with Gasteiger partial charge in [0.05, 0.1) is 6.07 Å². The Bertz CT molecular complexity index is 342. The van der Waals surface area contributed by atoms with Crippen LogP contribution in [0.2, 0.25) is 0 Å². The lowest BCUT2D eigenvalue weighted by Crippen LogP contribution is -2.14. The zero-order valence-corrected chi connectivity index (χ0v) is 9.76. The molecule has 0 atom stereocenters. The molecule has 0 heterocycles. The topological polar surface area (TPSA) is 35.8 Å². The second-order valence-corrected chi connectivity index (χ2v) is 4.07. The van der Waals surface area contributed by atoms with Gasteiger partial charge in [-0.15, -0.1) is 0 Å². The lowest BCUT2D eigenvalue weighted by Gasteiger charge is -2.06. The summed E-state index contributed by atoms with van der Waals surface area (Å²) in [5.74, 6) is 0. The van der Waals surface area contributed by atoms with E-state index in [1.54, 1.807) is 0 Å². The monoisotopic (exact) mass is 252 g/mol. The van der Waals surface area contributed by atoms with E-state index in [1.165, 1.54) is 11.1 Å². The fourth-order valence-corrected chi connectivity index (χ4v) is 1.61. The maximum atomic E-state index is 8.36. The first kappa shape index (κ1) is 11.2. The first-order chi connectivity index (χ1) is 6.74. The summed E-state index contributed by atoms with van der Waals surface area (Å²) < 4.78 is 1.10. The number of hydrogen-bond acceptors (Lipinski definition) is 2. The van der Waals surface area contributed by atoms with Gasteiger partial charge in [0, 0.05) is 24.0 Å².